The number of carbonyl (C=O) groups is 1. The molecule has 0 unspecified atom stereocenters. The molecule has 1 aromatic rings. The number of ether oxygens (including phenoxy) is 1. The van der Waals surface area contributed by atoms with Gasteiger partial charge < -0.3 is 9.64 Å². The third kappa shape index (κ3) is 3.53. The molecule has 3 nitrogen and oxygen atoms in total. The van der Waals surface area contributed by atoms with E-state index in [9.17, 15) is 4.79 Å². The summed E-state index contributed by atoms with van der Waals surface area (Å²) >= 11 is 12.0. The average molecular weight is 290 g/mol. The summed E-state index contributed by atoms with van der Waals surface area (Å²) in [5.74, 6) is 0.554. The van der Waals surface area contributed by atoms with Crippen LogP contribution in [0.15, 0.2) is 12.1 Å². The minimum Gasteiger partial charge on any atom is -0.495 e. The average Bonchev–Trinajstić information content (AvgIpc) is 2.30. The molecule has 0 aliphatic heterocycles. The molecule has 0 saturated carbocycles. The zero-order chi connectivity index (χ0) is 13.7. The molecule has 5 heteroatoms. The highest BCUT2D eigenvalue weighted by Crippen LogP contribution is 2.32. The fraction of sp³-hybridized carbons (Fsp3) is 0.462. The number of nitrogens with zero attached hydrogens (tertiary/aromatic N) is 1. The van der Waals surface area contributed by atoms with Gasteiger partial charge in [0, 0.05) is 23.7 Å². The van der Waals surface area contributed by atoms with Crippen molar-refractivity contribution in [2.45, 2.75) is 20.3 Å². The van der Waals surface area contributed by atoms with Crippen LogP contribution in [0.4, 0.5) is 0 Å². The molecule has 18 heavy (non-hydrogen) atoms. The molecule has 100 valence electrons. The third-order valence-electron chi connectivity index (χ3n) is 2.75. The smallest absolute Gasteiger partial charge is 0.227 e. The summed E-state index contributed by atoms with van der Waals surface area (Å²) in [6.45, 7) is 5.27. The van der Waals surface area contributed by atoms with Crippen molar-refractivity contribution >= 4 is 29.1 Å². The van der Waals surface area contributed by atoms with Gasteiger partial charge in [-0.25, -0.2) is 0 Å². The van der Waals surface area contributed by atoms with E-state index in [0.29, 0.717) is 34.4 Å². The topological polar surface area (TPSA) is 29.5 Å². The van der Waals surface area contributed by atoms with Gasteiger partial charge in [-0.15, -0.1) is 0 Å². The molecule has 1 aromatic carbocycles. The molecule has 0 aliphatic rings. The highest BCUT2D eigenvalue weighted by molar-refractivity contribution is 6.35. The molecule has 0 radical (unpaired) electrons. The molecule has 0 aliphatic carbocycles. The van der Waals surface area contributed by atoms with Crippen molar-refractivity contribution in [1.29, 1.82) is 0 Å². The van der Waals surface area contributed by atoms with Crippen LogP contribution in [-0.2, 0) is 11.2 Å². The zero-order valence-corrected chi connectivity index (χ0v) is 12.3. The second-order valence-electron chi connectivity index (χ2n) is 3.82. The van der Waals surface area contributed by atoms with Gasteiger partial charge in [0.05, 0.1) is 18.6 Å². The highest BCUT2D eigenvalue weighted by Gasteiger charge is 2.16. The molecular formula is C13H17Cl2NO2. The van der Waals surface area contributed by atoms with Gasteiger partial charge >= 0.3 is 0 Å². The van der Waals surface area contributed by atoms with Gasteiger partial charge in [-0.05, 0) is 26.0 Å². The van der Waals surface area contributed by atoms with Gasteiger partial charge in [0.15, 0.2) is 0 Å². The Hall–Kier alpha value is -0.930. The number of hydrogen-bond acceptors (Lipinski definition) is 2. The largest absolute Gasteiger partial charge is 0.495 e. The molecule has 0 heterocycles. The van der Waals surface area contributed by atoms with E-state index in [1.54, 1.807) is 17.0 Å². The Morgan fingerprint density at radius 1 is 1.28 bits per heavy atom. The molecule has 0 aromatic heterocycles. The lowest BCUT2D eigenvalue weighted by Crippen LogP contribution is -2.31. The number of likely N-dealkylation sites (N-methyl/N-ethyl adjacent to an activating group) is 1. The summed E-state index contributed by atoms with van der Waals surface area (Å²) in [4.78, 5) is 13.8. The van der Waals surface area contributed by atoms with Crippen LogP contribution in [0.3, 0.4) is 0 Å². The Labute approximate surface area is 118 Å². The first kappa shape index (κ1) is 15.1. The fourth-order valence-corrected chi connectivity index (χ4v) is 2.44. The summed E-state index contributed by atoms with van der Waals surface area (Å²) in [6, 6.07) is 3.32. The number of amides is 1. The maximum Gasteiger partial charge on any atom is 0.227 e. The van der Waals surface area contributed by atoms with E-state index in [0.717, 1.165) is 0 Å². The summed E-state index contributed by atoms with van der Waals surface area (Å²) in [5.41, 5.74) is 0.715. The second-order valence-corrected chi connectivity index (χ2v) is 4.67. The summed E-state index contributed by atoms with van der Waals surface area (Å²) in [6.07, 6.45) is 0.241. The summed E-state index contributed by atoms with van der Waals surface area (Å²) in [5, 5.41) is 0.926. The SMILES string of the molecule is CCN(CC)C(=O)Cc1cc(Cl)cc(Cl)c1OC. The molecule has 1 rings (SSSR count). The van der Waals surface area contributed by atoms with Crippen LogP contribution in [0.25, 0.3) is 0 Å². The van der Waals surface area contributed by atoms with Crippen molar-refractivity contribution in [1.82, 2.24) is 4.90 Å². The number of benzene rings is 1. The molecule has 0 N–H and O–H groups in total. The van der Waals surface area contributed by atoms with Crippen LogP contribution in [0.1, 0.15) is 19.4 Å². The second kappa shape index (κ2) is 6.86. The summed E-state index contributed by atoms with van der Waals surface area (Å²) < 4.78 is 5.22. The quantitative estimate of drug-likeness (QED) is 0.831. The van der Waals surface area contributed by atoms with Gasteiger partial charge in [-0.3, -0.25) is 4.79 Å². The van der Waals surface area contributed by atoms with Crippen molar-refractivity contribution in [2.24, 2.45) is 0 Å². The van der Waals surface area contributed by atoms with E-state index in [4.69, 9.17) is 27.9 Å². The summed E-state index contributed by atoms with van der Waals surface area (Å²) in [7, 11) is 1.53. The minimum absolute atomic E-state index is 0.0385. The molecule has 0 bridgehead atoms. The van der Waals surface area contributed by atoms with Gasteiger partial charge in [0.25, 0.3) is 0 Å². The van der Waals surface area contributed by atoms with E-state index in [2.05, 4.69) is 0 Å². The Morgan fingerprint density at radius 2 is 1.89 bits per heavy atom. The Kier molecular flexibility index (Phi) is 5.76. The molecular weight excluding hydrogens is 273 g/mol. The Balaban J connectivity index is 2.99. The van der Waals surface area contributed by atoms with Crippen molar-refractivity contribution in [3.63, 3.8) is 0 Å². The molecule has 0 atom stereocenters. The van der Waals surface area contributed by atoms with Crippen molar-refractivity contribution < 1.29 is 9.53 Å². The van der Waals surface area contributed by atoms with E-state index in [1.807, 2.05) is 13.8 Å². The van der Waals surface area contributed by atoms with Crippen molar-refractivity contribution in [3.8, 4) is 5.75 Å². The predicted molar refractivity (Wildman–Crippen MR) is 74.6 cm³/mol. The van der Waals surface area contributed by atoms with Gasteiger partial charge in [-0.2, -0.15) is 0 Å². The first-order chi connectivity index (χ1) is 8.53. The van der Waals surface area contributed by atoms with Crippen LogP contribution in [-0.4, -0.2) is 31.0 Å². The van der Waals surface area contributed by atoms with Gasteiger partial charge in [-0.1, -0.05) is 23.2 Å². The molecule has 1 amide bonds. The molecule has 0 spiro atoms. The van der Waals surface area contributed by atoms with E-state index >= 15 is 0 Å². The van der Waals surface area contributed by atoms with Crippen LogP contribution in [0.2, 0.25) is 10.0 Å². The van der Waals surface area contributed by atoms with Crippen molar-refractivity contribution in [3.05, 3.63) is 27.7 Å². The zero-order valence-electron chi connectivity index (χ0n) is 10.8. The van der Waals surface area contributed by atoms with Crippen LogP contribution in [0.5, 0.6) is 5.75 Å². The fourth-order valence-electron chi connectivity index (χ4n) is 1.82. The molecule has 0 saturated heterocycles. The van der Waals surface area contributed by atoms with Gasteiger partial charge in [0.1, 0.15) is 5.75 Å². The number of rotatable bonds is 5. The maximum absolute atomic E-state index is 12.0. The number of methoxy groups -OCH3 is 1. The lowest BCUT2D eigenvalue weighted by atomic mass is 10.1. The third-order valence-corrected chi connectivity index (χ3v) is 3.25. The first-order valence-corrected chi connectivity index (χ1v) is 6.58. The normalized spacial score (nSPS) is 10.3. The van der Waals surface area contributed by atoms with Crippen LogP contribution < -0.4 is 4.74 Å². The van der Waals surface area contributed by atoms with E-state index in [-0.39, 0.29) is 12.3 Å². The standard InChI is InChI=1S/C13H17Cl2NO2/c1-4-16(5-2)12(17)7-9-6-10(14)8-11(15)13(9)18-3/h6,8H,4-5,7H2,1-3H3. The first-order valence-electron chi connectivity index (χ1n) is 5.83. The van der Waals surface area contributed by atoms with E-state index < -0.39 is 0 Å². The minimum atomic E-state index is 0.0385. The lowest BCUT2D eigenvalue weighted by Gasteiger charge is -2.19. The van der Waals surface area contributed by atoms with Crippen LogP contribution >= 0.6 is 23.2 Å². The highest BCUT2D eigenvalue weighted by atomic mass is 35.5. The Morgan fingerprint density at radius 3 is 2.39 bits per heavy atom. The Bertz CT molecular complexity index is 431. The maximum atomic E-state index is 12.0. The van der Waals surface area contributed by atoms with Gasteiger partial charge in [0.2, 0.25) is 5.91 Å². The number of halogens is 2. The van der Waals surface area contributed by atoms with E-state index in [1.165, 1.54) is 7.11 Å². The number of carbonyl (C=O) groups excluding carboxylic acids is 1. The molecule has 0 fully saturated rings. The number of hydrogen-bond donors (Lipinski definition) is 0. The monoisotopic (exact) mass is 289 g/mol. The predicted octanol–water partition coefficient (Wildman–Crippen LogP) is 3.41. The lowest BCUT2D eigenvalue weighted by molar-refractivity contribution is -0.130. The van der Waals surface area contributed by atoms with Crippen molar-refractivity contribution in [2.75, 3.05) is 20.2 Å². The van der Waals surface area contributed by atoms with Crippen LogP contribution in [0, 0.1) is 0 Å².